The summed E-state index contributed by atoms with van der Waals surface area (Å²) in [6.07, 6.45) is 1.53. The van der Waals surface area contributed by atoms with Gasteiger partial charge in [0.25, 0.3) is 5.91 Å². The molecule has 1 aliphatic rings. The number of hydrogen-bond donors (Lipinski definition) is 1. The van der Waals surface area contributed by atoms with E-state index in [1.807, 2.05) is 6.07 Å². The van der Waals surface area contributed by atoms with E-state index in [4.69, 9.17) is 9.47 Å². The van der Waals surface area contributed by atoms with E-state index in [0.29, 0.717) is 22.1 Å². The van der Waals surface area contributed by atoms with Crippen molar-refractivity contribution in [1.82, 2.24) is 15.0 Å². The molecule has 2 aromatic rings. The quantitative estimate of drug-likeness (QED) is 0.681. The summed E-state index contributed by atoms with van der Waals surface area (Å²) in [6, 6.07) is 5.41. The van der Waals surface area contributed by atoms with Crippen LogP contribution in [-0.2, 0) is 0 Å². The number of carbonyl (C=O) groups excluding carboxylic acids is 1. The first kappa shape index (κ1) is 12.5. The maximum Gasteiger partial charge on any atom is 0.285 e. The lowest BCUT2D eigenvalue weighted by Gasteiger charge is -1.98. The van der Waals surface area contributed by atoms with Crippen LogP contribution in [0.4, 0.5) is 0 Å². The fraction of sp³-hybridized carbons (Fsp3) is 0.167. The van der Waals surface area contributed by atoms with E-state index in [9.17, 15) is 4.79 Å². The Morgan fingerprint density at radius 3 is 3.10 bits per heavy atom. The number of aromatic nitrogens is 2. The molecule has 1 aromatic heterocycles. The zero-order valence-electron chi connectivity index (χ0n) is 10.5. The Morgan fingerprint density at radius 1 is 1.45 bits per heavy atom. The standard InChI is InChI=1S/C12H10N4O3S/c1-7-11(20-16-14-7)12(17)15-13-5-8-2-3-9-10(4-8)19-6-18-9/h2-5H,6H2,1H3,(H,15,17)/b13-5+. The van der Waals surface area contributed by atoms with E-state index < -0.39 is 0 Å². The highest BCUT2D eigenvalue weighted by Crippen LogP contribution is 2.31. The number of nitrogens with one attached hydrogen (secondary N) is 1. The fourth-order valence-corrected chi connectivity index (χ4v) is 2.20. The van der Waals surface area contributed by atoms with Crippen LogP contribution >= 0.6 is 11.5 Å². The normalized spacial score (nSPS) is 12.8. The number of nitrogens with zero attached hydrogens (tertiary/aromatic N) is 3. The average molecular weight is 290 g/mol. The highest BCUT2D eigenvalue weighted by molar-refractivity contribution is 7.07. The van der Waals surface area contributed by atoms with Crippen LogP contribution in [0.5, 0.6) is 11.5 Å². The lowest BCUT2D eigenvalue weighted by molar-refractivity contribution is 0.0958. The van der Waals surface area contributed by atoms with Crippen LogP contribution < -0.4 is 14.9 Å². The first-order valence-electron chi connectivity index (χ1n) is 5.76. The molecule has 20 heavy (non-hydrogen) atoms. The summed E-state index contributed by atoms with van der Waals surface area (Å²) in [7, 11) is 0. The van der Waals surface area contributed by atoms with Gasteiger partial charge in [0.1, 0.15) is 4.88 Å². The van der Waals surface area contributed by atoms with E-state index in [0.717, 1.165) is 17.1 Å². The maximum atomic E-state index is 11.8. The SMILES string of the molecule is Cc1nnsc1C(=O)N/N=C/c1ccc2c(c1)OCO2. The van der Waals surface area contributed by atoms with Crippen molar-refractivity contribution < 1.29 is 14.3 Å². The minimum Gasteiger partial charge on any atom is -0.454 e. The first-order valence-corrected chi connectivity index (χ1v) is 6.53. The Bertz CT molecular complexity index is 683. The molecule has 1 aliphatic heterocycles. The van der Waals surface area contributed by atoms with Crippen molar-refractivity contribution in [2.24, 2.45) is 5.10 Å². The van der Waals surface area contributed by atoms with Crippen LogP contribution in [-0.4, -0.2) is 28.5 Å². The molecule has 1 amide bonds. The van der Waals surface area contributed by atoms with E-state index in [2.05, 4.69) is 20.1 Å². The summed E-state index contributed by atoms with van der Waals surface area (Å²) >= 11 is 1.04. The smallest absolute Gasteiger partial charge is 0.285 e. The van der Waals surface area contributed by atoms with Gasteiger partial charge in [-0.1, -0.05) is 4.49 Å². The molecule has 2 heterocycles. The molecular formula is C12H10N4O3S. The number of fused-ring (bicyclic) bond motifs is 1. The first-order chi connectivity index (χ1) is 9.74. The Balaban J connectivity index is 1.66. The third-order valence-electron chi connectivity index (χ3n) is 2.63. The average Bonchev–Trinajstić information content (AvgIpc) is 3.06. The molecule has 0 unspecified atom stereocenters. The summed E-state index contributed by atoms with van der Waals surface area (Å²) < 4.78 is 14.2. The molecule has 8 heteroatoms. The molecule has 1 N–H and O–H groups in total. The number of carbonyl (C=O) groups is 1. The van der Waals surface area contributed by atoms with Gasteiger partial charge in [-0.25, -0.2) is 5.43 Å². The molecular weight excluding hydrogens is 280 g/mol. The predicted molar refractivity (Wildman–Crippen MR) is 72.3 cm³/mol. The number of rotatable bonds is 3. The van der Waals surface area contributed by atoms with Crippen molar-refractivity contribution in [3.63, 3.8) is 0 Å². The minimum absolute atomic E-state index is 0.227. The second kappa shape index (κ2) is 5.25. The molecule has 0 saturated heterocycles. The Morgan fingerprint density at radius 2 is 2.30 bits per heavy atom. The lowest BCUT2D eigenvalue weighted by atomic mass is 10.2. The van der Waals surface area contributed by atoms with Gasteiger partial charge in [-0.2, -0.15) is 5.10 Å². The van der Waals surface area contributed by atoms with Crippen LogP contribution in [0.1, 0.15) is 20.9 Å². The second-order valence-corrected chi connectivity index (χ2v) is 4.75. The monoisotopic (exact) mass is 290 g/mol. The number of hydrogen-bond acceptors (Lipinski definition) is 7. The molecule has 7 nitrogen and oxygen atoms in total. The molecule has 0 bridgehead atoms. The van der Waals surface area contributed by atoms with Crippen molar-refractivity contribution in [3.05, 3.63) is 34.3 Å². The zero-order chi connectivity index (χ0) is 13.9. The summed E-state index contributed by atoms with van der Waals surface area (Å²) in [4.78, 5) is 12.2. The van der Waals surface area contributed by atoms with E-state index in [-0.39, 0.29) is 12.7 Å². The Labute approximate surface area is 118 Å². The summed E-state index contributed by atoms with van der Waals surface area (Å²) in [5.41, 5.74) is 3.82. The van der Waals surface area contributed by atoms with Gasteiger partial charge in [0, 0.05) is 0 Å². The van der Waals surface area contributed by atoms with Gasteiger partial charge in [-0.05, 0) is 42.2 Å². The molecule has 3 rings (SSSR count). The van der Waals surface area contributed by atoms with Gasteiger partial charge in [0.15, 0.2) is 11.5 Å². The number of ether oxygens (including phenoxy) is 2. The van der Waals surface area contributed by atoms with Gasteiger partial charge in [0.05, 0.1) is 11.9 Å². The Hall–Kier alpha value is -2.48. The van der Waals surface area contributed by atoms with Crippen molar-refractivity contribution in [2.75, 3.05) is 6.79 Å². The van der Waals surface area contributed by atoms with Crippen LogP contribution in [0, 0.1) is 6.92 Å². The molecule has 0 fully saturated rings. The van der Waals surface area contributed by atoms with Crippen molar-refractivity contribution in [3.8, 4) is 11.5 Å². The van der Waals surface area contributed by atoms with Crippen molar-refractivity contribution in [2.45, 2.75) is 6.92 Å². The molecule has 0 radical (unpaired) electrons. The topological polar surface area (TPSA) is 85.7 Å². The second-order valence-electron chi connectivity index (χ2n) is 4.00. The minimum atomic E-state index is -0.325. The largest absolute Gasteiger partial charge is 0.454 e. The summed E-state index contributed by atoms with van der Waals surface area (Å²) in [5, 5.41) is 7.66. The zero-order valence-corrected chi connectivity index (χ0v) is 11.3. The fourth-order valence-electron chi connectivity index (χ4n) is 1.65. The van der Waals surface area contributed by atoms with Gasteiger partial charge >= 0.3 is 0 Å². The molecule has 102 valence electrons. The van der Waals surface area contributed by atoms with Gasteiger partial charge in [-0.15, -0.1) is 5.10 Å². The Kier molecular flexibility index (Phi) is 3.30. The van der Waals surface area contributed by atoms with E-state index >= 15 is 0 Å². The van der Waals surface area contributed by atoms with Crippen LogP contribution in [0.15, 0.2) is 23.3 Å². The van der Waals surface area contributed by atoms with Gasteiger partial charge in [0.2, 0.25) is 6.79 Å². The number of hydrazone groups is 1. The lowest BCUT2D eigenvalue weighted by Crippen LogP contribution is -2.17. The molecule has 0 aliphatic carbocycles. The van der Waals surface area contributed by atoms with Crippen LogP contribution in [0.2, 0.25) is 0 Å². The number of amides is 1. The van der Waals surface area contributed by atoms with Crippen LogP contribution in [0.3, 0.4) is 0 Å². The predicted octanol–water partition coefficient (Wildman–Crippen LogP) is 1.34. The van der Waals surface area contributed by atoms with Gasteiger partial charge in [-0.3, -0.25) is 4.79 Å². The third kappa shape index (κ3) is 2.45. The highest BCUT2D eigenvalue weighted by atomic mass is 32.1. The highest BCUT2D eigenvalue weighted by Gasteiger charge is 2.13. The van der Waals surface area contributed by atoms with E-state index in [1.165, 1.54) is 6.21 Å². The number of aryl methyl sites for hydroxylation is 1. The third-order valence-corrected chi connectivity index (χ3v) is 3.46. The van der Waals surface area contributed by atoms with Crippen molar-refractivity contribution in [1.29, 1.82) is 0 Å². The van der Waals surface area contributed by atoms with Crippen molar-refractivity contribution >= 4 is 23.7 Å². The summed E-state index contributed by atoms with van der Waals surface area (Å²) in [5.74, 6) is 1.05. The van der Waals surface area contributed by atoms with Gasteiger partial charge < -0.3 is 9.47 Å². The van der Waals surface area contributed by atoms with Crippen LogP contribution in [0.25, 0.3) is 0 Å². The molecule has 1 aromatic carbocycles. The maximum absolute atomic E-state index is 11.8. The molecule has 0 atom stereocenters. The summed E-state index contributed by atoms with van der Waals surface area (Å²) in [6.45, 7) is 1.95. The molecule has 0 spiro atoms. The number of benzene rings is 1. The molecule has 0 saturated carbocycles. The van der Waals surface area contributed by atoms with E-state index in [1.54, 1.807) is 19.1 Å².